The largest absolute Gasteiger partial charge is 0.435 e. The molecule has 0 bridgehead atoms. The molecule has 2 saturated carbocycles. The van der Waals surface area contributed by atoms with Crippen LogP contribution in [0.3, 0.4) is 0 Å². The molecule has 0 aliphatic heterocycles. The first-order valence-electron chi connectivity index (χ1n) is 7.40. The minimum Gasteiger partial charge on any atom is -0.435 e. The highest BCUT2D eigenvalue weighted by Crippen LogP contribution is 2.33. The van der Waals surface area contributed by atoms with Crippen LogP contribution in [0.15, 0.2) is 4.42 Å². The van der Waals surface area contributed by atoms with E-state index in [1.165, 1.54) is 32.1 Å². The lowest BCUT2D eigenvalue weighted by Crippen LogP contribution is -2.40. The van der Waals surface area contributed by atoms with Gasteiger partial charge in [-0.2, -0.15) is 0 Å². The molecule has 2 fully saturated rings. The van der Waals surface area contributed by atoms with Crippen molar-refractivity contribution in [3.05, 3.63) is 17.3 Å². The SMILES string of the molecule is Cc1nc(CC2CC2)oc1C(=O)N[C@H](C)C1CCC1. The first-order valence-corrected chi connectivity index (χ1v) is 7.40. The summed E-state index contributed by atoms with van der Waals surface area (Å²) in [5.74, 6) is 2.38. The first kappa shape index (κ1) is 12.7. The van der Waals surface area contributed by atoms with Crippen molar-refractivity contribution < 1.29 is 9.21 Å². The zero-order chi connectivity index (χ0) is 13.4. The van der Waals surface area contributed by atoms with Crippen molar-refractivity contribution in [2.75, 3.05) is 0 Å². The van der Waals surface area contributed by atoms with Crippen molar-refractivity contribution in [2.24, 2.45) is 11.8 Å². The fraction of sp³-hybridized carbons (Fsp3) is 0.733. The van der Waals surface area contributed by atoms with Crippen molar-refractivity contribution in [1.82, 2.24) is 10.3 Å². The van der Waals surface area contributed by atoms with Gasteiger partial charge >= 0.3 is 0 Å². The third kappa shape index (κ3) is 2.82. The molecule has 1 heterocycles. The van der Waals surface area contributed by atoms with Gasteiger partial charge in [0.15, 0.2) is 5.89 Å². The monoisotopic (exact) mass is 262 g/mol. The van der Waals surface area contributed by atoms with Crippen LogP contribution in [0, 0.1) is 18.8 Å². The summed E-state index contributed by atoms with van der Waals surface area (Å²) >= 11 is 0. The van der Waals surface area contributed by atoms with Crippen molar-refractivity contribution in [3.8, 4) is 0 Å². The molecule has 0 radical (unpaired) electrons. The Bertz CT molecular complexity index is 472. The number of oxazole rings is 1. The summed E-state index contributed by atoms with van der Waals surface area (Å²) in [6, 6.07) is 0.234. The van der Waals surface area contributed by atoms with E-state index in [2.05, 4.69) is 17.2 Å². The molecule has 0 aromatic carbocycles. The normalized spacial score (nSPS) is 20.9. The highest BCUT2D eigenvalue weighted by Gasteiger charge is 2.28. The van der Waals surface area contributed by atoms with Gasteiger partial charge in [0.2, 0.25) is 5.76 Å². The molecule has 0 saturated heterocycles. The standard InChI is InChI=1S/C15H22N2O2/c1-9(12-4-3-5-12)17-15(18)14-10(2)16-13(19-14)8-11-6-7-11/h9,11-12H,3-8H2,1-2H3,(H,17,18)/t9-/m1/s1. The van der Waals surface area contributed by atoms with Crippen LogP contribution >= 0.6 is 0 Å². The molecule has 4 nitrogen and oxygen atoms in total. The Morgan fingerprint density at radius 2 is 2.16 bits per heavy atom. The zero-order valence-electron chi connectivity index (χ0n) is 11.7. The molecule has 1 amide bonds. The van der Waals surface area contributed by atoms with E-state index in [-0.39, 0.29) is 11.9 Å². The van der Waals surface area contributed by atoms with Gasteiger partial charge in [-0.05, 0) is 51.4 Å². The van der Waals surface area contributed by atoms with E-state index in [0.29, 0.717) is 17.4 Å². The minimum atomic E-state index is -0.105. The Labute approximate surface area is 114 Å². The number of hydrogen-bond acceptors (Lipinski definition) is 3. The smallest absolute Gasteiger partial charge is 0.289 e. The van der Waals surface area contributed by atoms with E-state index in [4.69, 9.17) is 4.42 Å². The van der Waals surface area contributed by atoms with Crippen LogP contribution in [0.1, 0.15) is 61.2 Å². The van der Waals surface area contributed by atoms with E-state index >= 15 is 0 Å². The number of aromatic nitrogens is 1. The Kier molecular flexibility index (Phi) is 3.33. The zero-order valence-corrected chi connectivity index (χ0v) is 11.7. The van der Waals surface area contributed by atoms with E-state index in [1.54, 1.807) is 0 Å². The first-order chi connectivity index (χ1) is 9.13. The average molecular weight is 262 g/mol. The third-order valence-corrected chi connectivity index (χ3v) is 4.42. The molecule has 0 spiro atoms. The second-order valence-corrected chi connectivity index (χ2v) is 6.12. The van der Waals surface area contributed by atoms with E-state index in [9.17, 15) is 4.79 Å². The summed E-state index contributed by atoms with van der Waals surface area (Å²) in [6.45, 7) is 3.93. The van der Waals surface area contributed by atoms with Crippen molar-refractivity contribution in [1.29, 1.82) is 0 Å². The number of aryl methyl sites for hydroxylation is 1. The highest BCUT2D eigenvalue weighted by molar-refractivity contribution is 5.92. The predicted molar refractivity (Wildman–Crippen MR) is 71.9 cm³/mol. The molecular formula is C15H22N2O2. The molecule has 1 aromatic heterocycles. The van der Waals surface area contributed by atoms with Gasteiger partial charge in [-0.15, -0.1) is 0 Å². The van der Waals surface area contributed by atoms with Crippen molar-refractivity contribution >= 4 is 5.91 Å². The third-order valence-electron chi connectivity index (χ3n) is 4.42. The molecule has 2 aliphatic carbocycles. The quantitative estimate of drug-likeness (QED) is 0.887. The van der Waals surface area contributed by atoms with Crippen LogP contribution in [0.4, 0.5) is 0 Å². The summed E-state index contributed by atoms with van der Waals surface area (Å²) in [7, 11) is 0. The van der Waals surface area contributed by atoms with Crippen LogP contribution in [-0.4, -0.2) is 16.9 Å². The summed E-state index contributed by atoms with van der Waals surface area (Å²) in [6.07, 6.45) is 7.15. The Hall–Kier alpha value is -1.32. The Morgan fingerprint density at radius 3 is 2.74 bits per heavy atom. The van der Waals surface area contributed by atoms with Crippen LogP contribution in [0.25, 0.3) is 0 Å². The number of hydrogen-bond donors (Lipinski definition) is 1. The van der Waals surface area contributed by atoms with Gasteiger partial charge in [-0.1, -0.05) is 6.42 Å². The lowest BCUT2D eigenvalue weighted by Gasteiger charge is -2.31. The molecule has 1 aromatic rings. The van der Waals surface area contributed by atoms with Crippen molar-refractivity contribution in [3.63, 3.8) is 0 Å². The average Bonchev–Trinajstić information content (AvgIpc) is 2.98. The van der Waals surface area contributed by atoms with Gasteiger partial charge < -0.3 is 9.73 Å². The Morgan fingerprint density at radius 1 is 1.42 bits per heavy atom. The molecule has 3 rings (SSSR count). The molecular weight excluding hydrogens is 240 g/mol. The summed E-state index contributed by atoms with van der Waals surface area (Å²) in [5.41, 5.74) is 0.717. The second kappa shape index (κ2) is 4.99. The molecule has 1 atom stereocenters. The number of rotatable bonds is 5. The second-order valence-electron chi connectivity index (χ2n) is 6.12. The van der Waals surface area contributed by atoms with Gasteiger partial charge in [0.05, 0.1) is 5.69 Å². The summed E-state index contributed by atoms with van der Waals surface area (Å²) in [4.78, 5) is 16.6. The van der Waals surface area contributed by atoms with Crippen LogP contribution in [0.2, 0.25) is 0 Å². The van der Waals surface area contributed by atoms with Gasteiger partial charge in [-0.25, -0.2) is 4.98 Å². The lowest BCUT2D eigenvalue weighted by atomic mass is 9.80. The number of carbonyl (C=O) groups is 1. The topological polar surface area (TPSA) is 55.1 Å². The van der Waals surface area contributed by atoms with E-state index in [1.807, 2.05) is 6.92 Å². The maximum Gasteiger partial charge on any atom is 0.289 e. The number of nitrogens with zero attached hydrogens (tertiary/aromatic N) is 1. The molecule has 0 unspecified atom stereocenters. The van der Waals surface area contributed by atoms with E-state index < -0.39 is 0 Å². The van der Waals surface area contributed by atoms with Crippen molar-refractivity contribution in [2.45, 2.75) is 58.4 Å². The van der Waals surface area contributed by atoms with Gasteiger partial charge in [-0.3, -0.25) is 4.79 Å². The highest BCUT2D eigenvalue weighted by atomic mass is 16.4. The van der Waals surface area contributed by atoms with Gasteiger partial charge in [0.1, 0.15) is 0 Å². The molecule has 1 N–H and O–H groups in total. The molecule has 2 aliphatic rings. The molecule has 19 heavy (non-hydrogen) atoms. The van der Waals surface area contributed by atoms with E-state index in [0.717, 1.165) is 18.2 Å². The molecule has 4 heteroatoms. The maximum absolute atomic E-state index is 12.2. The minimum absolute atomic E-state index is 0.105. The molecule has 104 valence electrons. The maximum atomic E-state index is 12.2. The number of carbonyl (C=O) groups excluding carboxylic acids is 1. The van der Waals surface area contributed by atoms with Gasteiger partial charge in [0.25, 0.3) is 5.91 Å². The van der Waals surface area contributed by atoms with Gasteiger partial charge in [0, 0.05) is 12.5 Å². The Balaban J connectivity index is 1.62. The van der Waals surface area contributed by atoms with Crippen LogP contribution in [-0.2, 0) is 6.42 Å². The number of amides is 1. The lowest BCUT2D eigenvalue weighted by molar-refractivity contribution is 0.0878. The summed E-state index contributed by atoms with van der Waals surface area (Å²) in [5, 5.41) is 3.05. The predicted octanol–water partition coefficient (Wildman–Crippen LogP) is 2.85. The number of nitrogens with one attached hydrogen (secondary N) is 1. The fourth-order valence-electron chi connectivity index (χ4n) is 2.65. The van der Waals surface area contributed by atoms with Crippen LogP contribution < -0.4 is 5.32 Å². The summed E-state index contributed by atoms with van der Waals surface area (Å²) < 4.78 is 5.64. The fourth-order valence-corrected chi connectivity index (χ4v) is 2.65. The van der Waals surface area contributed by atoms with Crippen LogP contribution in [0.5, 0.6) is 0 Å².